The molecule has 4 aromatic rings. The Balaban J connectivity index is 1.21. The molecule has 0 radical (unpaired) electrons. The number of aromatic nitrogens is 1. The summed E-state index contributed by atoms with van der Waals surface area (Å²) in [6, 6.07) is 24.3. The molecule has 1 amide bonds. The molecular formula is C28H25N3O4S2. The van der Waals surface area contributed by atoms with Gasteiger partial charge in [0.1, 0.15) is 9.90 Å². The Morgan fingerprint density at radius 2 is 1.62 bits per heavy atom. The van der Waals surface area contributed by atoms with Crippen molar-refractivity contribution >= 4 is 33.0 Å². The van der Waals surface area contributed by atoms with Crippen molar-refractivity contribution in [3.8, 4) is 11.1 Å². The summed E-state index contributed by atoms with van der Waals surface area (Å²) < 4.78 is 29.6. The van der Waals surface area contributed by atoms with Gasteiger partial charge in [0.15, 0.2) is 0 Å². The lowest BCUT2D eigenvalue weighted by atomic mass is 9.83. The van der Waals surface area contributed by atoms with E-state index in [1.165, 1.54) is 6.07 Å². The first-order valence-electron chi connectivity index (χ1n) is 12.1. The minimum atomic E-state index is -3.81. The summed E-state index contributed by atoms with van der Waals surface area (Å²) in [7, 11) is -3.81. The zero-order valence-electron chi connectivity index (χ0n) is 19.9. The van der Waals surface area contributed by atoms with Gasteiger partial charge in [-0.15, -0.1) is 11.3 Å². The molecule has 2 aromatic heterocycles. The van der Waals surface area contributed by atoms with Crippen molar-refractivity contribution in [2.24, 2.45) is 5.92 Å². The number of amides is 1. The van der Waals surface area contributed by atoms with Crippen LogP contribution in [0.2, 0.25) is 0 Å². The molecule has 0 spiro atoms. The van der Waals surface area contributed by atoms with Crippen LogP contribution < -0.4 is 10.3 Å². The summed E-state index contributed by atoms with van der Waals surface area (Å²) in [5.74, 6) is 0.141. The van der Waals surface area contributed by atoms with Crippen molar-refractivity contribution in [2.45, 2.75) is 23.1 Å². The molecule has 1 saturated heterocycles. The van der Waals surface area contributed by atoms with E-state index in [-0.39, 0.29) is 33.2 Å². The summed E-state index contributed by atoms with van der Waals surface area (Å²) in [6.07, 6.45) is 0.899. The Morgan fingerprint density at radius 1 is 0.865 bits per heavy atom. The van der Waals surface area contributed by atoms with Crippen LogP contribution in [0.25, 0.3) is 11.1 Å². The fraction of sp³-hybridized carbons (Fsp3) is 0.214. The fourth-order valence-electron chi connectivity index (χ4n) is 5.42. The molecule has 2 aliphatic heterocycles. The maximum absolute atomic E-state index is 13.4. The molecule has 9 heteroatoms. The topological polar surface area (TPSA) is 88.5 Å². The molecule has 2 atom stereocenters. The second-order valence-corrected chi connectivity index (χ2v) is 12.4. The van der Waals surface area contributed by atoms with Crippen LogP contribution >= 0.6 is 11.3 Å². The maximum Gasteiger partial charge on any atom is 0.275 e. The van der Waals surface area contributed by atoms with Crippen LogP contribution in [0.1, 0.15) is 28.4 Å². The normalized spacial score (nSPS) is 18.8. The molecule has 1 N–H and O–H groups in total. The Kier molecular flexibility index (Phi) is 5.97. The van der Waals surface area contributed by atoms with Crippen LogP contribution in [0.4, 0.5) is 5.69 Å². The van der Waals surface area contributed by atoms with E-state index in [4.69, 9.17) is 0 Å². The van der Waals surface area contributed by atoms with Gasteiger partial charge in [-0.05, 0) is 59.2 Å². The van der Waals surface area contributed by atoms with Crippen LogP contribution in [0, 0.1) is 5.92 Å². The molecule has 0 saturated carbocycles. The minimum Gasteiger partial charge on any atom is -0.338 e. The number of rotatable bonds is 5. The number of nitrogens with zero attached hydrogens (tertiary/aromatic N) is 2. The van der Waals surface area contributed by atoms with E-state index in [1.807, 2.05) is 65.6 Å². The fourth-order valence-corrected chi connectivity index (χ4v) is 7.47. The molecule has 188 valence electrons. The first-order valence-corrected chi connectivity index (χ1v) is 14.5. The summed E-state index contributed by atoms with van der Waals surface area (Å²) in [5.41, 5.74) is 3.36. The van der Waals surface area contributed by atoms with E-state index in [0.717, 1.165) is 34.6 Å². The average Bonchev–Trinajstić information content (AvgIpc) is 3.47. The second kappa shape index (κ2) is 9.32. The third kappa shape index (κ3) is 4.49. The van der Waals surface area contributed by atoms with E-state index >= 15 is 0 Å². The number of carbonyl (C=O) groups is 1. The first kappa shape index (κ1) is 23.7. The van der Waals surface area contributed by atoms with Gasteiger partial charge in [0.2, 0.25) is 0 Å². The highest BCUT2D eigenvalue weighted by Gasteiger charge is 2.37. The first-order chi connectivity index (χ1) is 17.9. The van der Waals surface area contributed by atoms with Crippen LogP contribution in [0.15, 0.2) is 93.2 Å². The third-order valence-corrected chi connectivity index (χ3v) is 9.90. The molecule has 2 bridgehead atoms. The summed E-state index contributed by atoms with van der Waals surface area (Å²) in [5, 5.41) is 1.68. The highest BCUT2D eigenvalue weighted by atomic mass is 32.2. The number of likely N-dealkylation sites (tertiary alicyclic amines) is 1. The Labute approximate surface area is 219 Å². The van der Waals surface area contributed by atoms with Gasteiger partial charge in [-0.2, -0.15) is 0 Å². The monoisotopic (exact) mass is 531 g/mol. The number of carbonyl (C=O) groups excluding carboxylic acids is 1. The number of hydrogen-bond donors (Lipinski definition) is 1. The number of piperidine rings is 1. The highest BCUT2D eigenvalue weighted by molar-refractivity contribution is 7.94. The number of nitrogens with one attached hydrogen (secondary N) is 1. The average molecular weight is 532 g/mol. The number of benzene rings is 2. The summed E-state index contributed by atoms with van der Waals surface area (Å²) >= 11 is 1.10. The molecule has 2 unspecified atom stereocenters. The number of sulfonamides is 1. The zero-order valence-corrected chi connectivity index (χ0v) is 21.5. The molecule has 6 rings (SSSR count). The molecular weight excluding hydrogens is 506 g/mol. The minimum absolute atomic E-state index is 0.00885. The number of thiophene rings is 1. The van der Waals surface area contributed by atoms with Crippen molar-refractivity contribution in [1.82, 2.24) is 9.47 Å². The van der Waals surface area contributed by atoms with Crippen LogP contribution in [0.3, 0.4) is 0 Å². The lowest BCUT2D eigenvalue weighted by Gasteiger charge is -2.43. The second-order valence-electron chi connectivity index (χ2n) is 9.58. The van der Waals surface area contributed by atoms with Gasteiger partial charge in [0.25, 0.3) is 21.5 Å². The number of anilines is 1. The van der Waals surface area contributed by atoms with Gasteiger partial charge >= 0.3 is 0 Å². The number of fused-ring (bicyclic) bond motifs is 4. The van der Waals surface area contributed by atoms with Gasteiger partial charge < -0.3 is 9.47 Å². The Bertz CT molecular complexity index is 1610. The van der Waals surface area contributed by atoms with Crippen molar-refractivity contribution in [2.75, 3.05) is 17.8 Å². The number of pyridine rings is 1. The van der Waals surface area contributed by atoms with Gasteiger partial charge in [-0.3, -0.25) is 14.3 Å². The van der Waals surface area contributed by atoms with E-state index in [2.05, 4.69) is 4.72 Å². The SMILES string of the molecule is O=C(c1ccc(-c2ccccc2)cc1)N1CC2CC(C1)c1ccc(NS(=O)(=O)c3cccs3)c(=O)n1C2. The van der Waals surface area contributed by atoms with Crippen molar-refractivity contribution in [1.29, 1.82) is 0 Å². The highest BCUT2D eigenvalue weighted by Crippen LogP contribution is 2.36. The third-order valence-electron chi connectivity index (χ3n) is 7.13. The van der Waals surface area contributed by atoms with Crippen molar-refractivity contribution in [3.05, 3.63) is 106 Å². The van der Waals surface area contributed by atoms with Crippen molar-refractivity contribution in [3.63, 3.8) is 0 Å². The summed E-state index contributed by atoms with van der Waals surface area (Å²) in [4.78, 5) is 28.5. The smallest absolute Gasteiger partial charge is 0.275 e. The lowest BCUT2D eigenvalue weighted by molar-refractivity contribution is 0.0594. The predicted molar refractivity (Wildman–Crippen MR) is 144 cm³/mol. The van der Waals surface area contributed by atoms with Crippen LogP contribution in [-0.2, 0) is 16.6 Å². The quantitative estimate of drug-likeness (QED) is 0.407. The standard InChI is InChI=1S/C28H25N3O4S2/c32-27(22-10-8-21(9-11-22)20-5-2-1-3-6-20)30-16-19-15-23(18-30)25-13-12-24(28(33)31(25)17-19)29-37(34,35)26-7-4-14-36-26/h1-14,19,23,29H,15-18H2. The maximum atomic E-state index is 13.4. The molecule has 7 nitrogen and oxygen atoms in total. The Morgan fingerprint density at radius 3 is 2.35 bits per heavy atom. The molecule has 4 heterocycles. The van der Waals surface area contributed by atoms with Gasteiger partial charge in [0, 0.05) is 36.8 Å². The van der Waals surface area contributed by atoms with Gasteiger partial charge in [0.05, 0.1) is 0 Å². The molecule has 2 aromatic carbocycles. The lowest BCUT2D eigenvalue weighted by Crippen LogP contribution is -2.49. The van der Waals surface area contributed by atoms with Gasteiger partial charge in [-0.25, -0.2) is 8.42 Å². The largest absolute Gasteiger partial charge is 0.338 e. The van der Waals surface area contributed by atoms with Crippen molar-refractivity contribution < 1.29 is 13.2 Å². The summed E-state index contributed by atoms with van der Waals surface area (Å²) in [6.45, 7) is 1.54. The van der Waals surface area contributed by atoms with Crippen LogP contribution in [-0.4, -0.2) is 36.9 Å². The van der Waals surface area contributed by atoms with Crippen LogP contribution in [0.5, 0.6) is 0 Å². The molecule has 37 heavy (non-hydrogen) atoms. The van der Waals surface area contributed by atoms with E-state index in [0.29, 0.717) is 25.2 Å². The molecule has 2 aliphatic rings. The van der Waals surface area contributed by atoms with Gasteiger partial charge in [-0.1, -0.05) is 48.5 Å². The zero-order chi connectivity index (χ0) is 25.6. The van der Waals surface area contributed by atoms with E-state index < -0.39 is 10.0 Å². The number of hydrogen-bond acceptors (Lipinski definition) is 5. The molecule has 1 fully saturated rings. The van der Waals surface area contributed by atoms with E-state index in [1.54, 1.807) is 22.1 Å². The predicted octanol–water partition coefficient (Wildman–Crippen LogP) is 4.64. The Hall–Kier alpha value is -3.69. The van der Waals surface area contributed by atoms with E-state index in [9.17, 15) is 18.0 Å². The molecule has 0 aliphatic carbocycles.